The molecule has 0 aliphatic rings. The Balaban J connectivity index is 4.96. The van der Waals surface area contributed by atoms with Gasteiger partial charge in [-0.15, -0.1) is 0 Å². The highest BCUT2D eigenvalue weighted by atomic mass is 16.5. The molecule has 100 valence electrons. The van der Waals surface area contributed by atoms with E-state index in [0.29, 0.717) is 6.42 Å². The number of hydrogen-bond acceptors (Lipinski definition) is 4. The summed E-state index contributed by atoms with van der Waals surface area (Å²) in [5.41, 5.74) is -0.544. The highest BCUT2D eigenvalue weighted by Crippen LogP contribution is 2.20. The van der Waals surface area contributed by atoms with Crippen molar-refractivity contribution in [1.82, 2.24) is 5.32 Å². The molecule has 0 saturated heterocycles. The monoisotopic (exact) mass is 245 g/mol. The van der Waals surface area contributed by atoms with Crippen LogP contribution in [0.25, 0.3) is 0 Å². The summed E-state index contributed by atoms with van der Waals surface area (Å²) >= 11 is 0. The number of methoxy groups -OCH3 is 2. The van der Waals surface area contributed by atoms with Gasteiger partial charge in [-0.1, -0.05) is 27.7 Å². The lowest BCUT2D eigenvalue weighted by Gasteiger charge is -2.29. The van der Waals surface area contributed by atoms with Crippen LogP contribution in [0.5, 0.6) is 0 Å². The number of ketones is 1. The van der Waals surface area contributed by atoms with Crippen molar-refractivity contribution in [1.29, 1.82) is 0 Å². The largest absolute Gasteiger partial charge is 0.453 e. The summed E-state index contributed by atoms with van der Waals surface area (Å²) in [5, 5.41) is 2.54. The van der Waals surface area contributed by atoms with Crippen LogP contribution in [-0.4, -0.2) is 38.2 Å². The quantitative estimate of drug-likeness (QED) is 0.801. The van der Waals surface area contributed by atoms with Crippen LogP contribution < -0.4 is 5.32 Å². The van der Waals surface area contributed by atoms with Gasteiger partial charge in [0.15, 0.2) is 5.78 Å². The third kappa shape index (κ3) is 4.73. The predicted octanol–water partition coefficient (Wildman–Crippen LogP) is 1.75. The zero-order chi connectivity index (χ0) is 13.6. The molecule has 0 saturated carbocycles. The first kappa shape index (κ1) is 15.9. The Morgan fingerprint density at radius 2 is 1.76 bits per heavy atom. The molecular formula is C12H23NO4. The summed E-state index contributed by atoms with van der Waals surface area (Å²) in [5.74, 6) is -0.0726. The molecular weight excluding hydrogens is 222 g/mol. The molecule has 17 heavy (non-hydrogen) atoms. The number of rotatable bonds is 5. The van der Waals surface area contributed by atoms with Crippen LogP contribution in [0.2, 0.25) is 0 Å². The zero-order valence-electron chi connectivity index (χ0n) is 11.5. The van der Waals surface area contributed by atoms with Crippen molar-refractivity contribution in [3.8, 4) is 0 Å². The van der Waals surface area contributed by atoms with Gasteiger partial charge in [0.1, 0.15) is 6.04 Å². The van der Waals surface area contributed by atoms with Gasteiger partial charge in [-0.3, -0.25) is 4.79 Å². The maximum atomic E-state index is 12.2. The molecule has 0 aromatic heterocycles. The second-order valence-corrected chi connectivity index (χ2v) is 4.91. The van der Waals surface area contributed by atoms with Gasteiger partial charge in [-0.25, -0.2) is 4.79 Å². The fraction of sp³-hybridized carbons (Fsp3) is 0.833. The van der Waals surface area contributed by atoms with Gasteiger partial charge < -0.3 is 14.8 Å². The van der Waals surface area contributed by atoms with Crippen molar-refractivity contribution >= 4 is 11.9 Å². The first-order valence-electron chi connectivity index (χ1n) is 5.69. The third-order valence-corrected chi connectivity index (χ3v) is 2.56. The van der Waals surface area contributed by atoms with Gasteiger partial charge in [0.05, 0.1) is 13.2 Å². The second-order valence-electron chi connectivity index (χ2n) is 4.91. The van der Waals surface area contributed by atoms with Crippen molar-refractivity contribution in [3.05, 3.63) is 0 Å². The first-order valence-corrected chi connectivity index (χ1v) is 5.69. The number of carbonyl (C=O) groups is 2. The van der Waals surface area contributed by atoms with Crippen LogP contribution >= 0.6 is 0 Å². The molecule has 1 N–H and O–H groups in total. The number of alkyl carbamates (subject to hydrolysis) is 1. The highest BCUT2D eigenvalue weighted by molar-refractivity contribution is 5.91. The molecule has 2 atom stereocenters. The van der Waals surface area contributed by atoms with E-state index in [4.69, 9.17) is 4.74 Å². The Kier molecular flexibility index (Phi) is 6.16. The van der Waals surface area contributed by atoms with E-state index in [1.54, 1.807) is 0 Å². The van der Waals surface area contributed by atoms with Gasteiger partial charge >= 0.3 is 6.09 Å². The maximum Gasteiger partial charge on any atom is 0.407 e. The fourth-order valence-corrected chi connectivity index (χ4v) is 1.52. The van der Waals surface area contributed by atoms with E-state index >= 15 is 0 Å². The van der Waals surface area contributed by atoms with Gasteiger partial charge in [0.2, 0.25) is 0 Å². The van der Waals surface area contributed by atoms with E-state index in [0.717, 1.165) is 0 Å². The molecule has 0 aliphatic carbocycles. The summed E-state index contributed by atoms with van der Waals surface area (Å²) < 4.78 is 9.76. The Morgan fingerprint density at radius 3 is 2.06 bits per heavy atom. The standard InChI is InChI=1S/C12H23NO4/c1-7-8(16-5)9(13-11(15)17-6)10(14)12(2,3)4/h8-9H,7H2,1-6H3,(H,13,15)/t8-,9-/m0/s1. The van der Waals surface area contributed by atoms with Crippen molar-refractivity contribution in [2.24, 2.45) is 5.41 Å². The van der Waals surface area contributed by atoms with E-state index in [-0.39, 0.29) is 11.9 Å². The molecule has 0 aliphatic heterocycles. The summed E-state index contributed by atoms with van der Waals surface area (Å²) in [6.07, 6.45) is -0.337. The molecule has 0 heterocycles. The lowest BCUT2D eigenvalue weighted by atomic mass is 9.84. The Labute approximate surface area is 103 Å². The predicted molar refractivity (Wildman–Crippen MR) is 64.9 cm³/mol. The molecule has 0 aromatic rings. The van der Waals surface area contributed by atoms with Crippen LogP contribution in [0.15, 0.2) is 0 Å². The van der Waals surface area contributed by atoms with E-state index < -0.39 is 17.6 Å². The number of Topliss-reactive ketones (excluding diaryl/α,β-unsaturated/α-hetero) is 1. The maximum absolute atomic E-state index is 12.2. The molecule has 5 nitrogen and oxygen atoms in total. The third-order valence-electron chi connectivity index (χ3n) is 2.56. The zero-order valence-corrected chi connectivity index (χ0v) is 11.5. The van der Waals surface area contributed by atoms with E-state index in [9.17, 15) is 9.59 Å². The summed E-state index contributed by atoms with van der Waals surface area (Å²) in [6.45, 7) is 7.33. The number of carbonyl (C=O) groups excluding carboxylic acids is 2. The molecule has 0 bridgehead atoms. The Hall–Kier alpha value is -1.10. The highest BCUT2D eigenvalue weighted by Gasteiger charge is 2.35. The molecule has 0 spiro atoms. The van der Waals surface area contributed by atoms with E-state index in [1.807, 2.05) is 27.7 Å². The number of hydrogen-bond donors (Lipinski definition) is 1. The Bertz CT molecular complexity index is 266. The number of amides is 1. The van der Waals surface area contributed by atoms with Gasteiger partial charge in [-0.05, 0) is 6.42 Å². The SMILES string of the molecule is CC[C@H](OC)[C@H](NC(=O)OC)C(=O)C(C)(C)C. The minimum Gasteiger partial charge on any atom is -0.453 e. The molecule has 1 amide bonds. The van der Waals surface area contributed by atoms with Crippen LogP contribution in [0.3, 0.4) is 0 Å². The first-order chi connectivity index (χ1) is 7.77. The van der Waals surface area contributed by atoms with Crippen molar-refractivity contribution < 1.29 is 19.1 Å². The average Bonchev–Trinajstić information content (AvgIpc) is 2.26. The molecule has 0 radical (unpaired) electrons. The topological polar surface area (TPSA) is 64.6 Å². The summed E-state index contributed by atoms with van der Waals surface area (Å²) in [4.78, 5) is 23.5. The minimum atomic E-state index is -0.683. The molecule has 0 fully saturated rings. The van der Waals surface area contributed by atoms with Crippen molar-refractivity contribution in [3.63, 3.8) is 0 Å². The van der Waals surface area contributed by atoms with E-state index in [2.05, 4.69) is 10.1 Å². The van der Waals surface area contributed by atoms with Crippen LogP contribution in [0.1, 0.15) is 34.1 Å². The van der Waals surface area contributed by atoms with E-state index in [1.165, 1.54) is 14.2 Å². The summed E-state index contributed by atoms with van der Waals surface area (Å²) in [6, 6.07) is -0.683. The lowest BCUT2D eigenvalue weighted by Crippen LogP contribution is -2.52. The second kappa shape index (κ2) is 6.59. The lowest BCUT2D eigenvalue weighted by molar-refractivity contribution is -0.131. The molecule has 5 heteroatoms. The van der Waals surface area contributed by atoms with Crippen molar-refractivity contribution in [2.45, 2.75) is 46.3 Å². The molecule has 0 rings (SSSR count). The fourth-order valence-electron chi connectivity index (χ4n) is 1.52. The van der Waals surface area contributed by atoms with Crippen LogP contribution in [0, 0.1) is 5.41 Å². The van der Waals surface area contributed by atoms with Crippen LogP contribution in [-0.2, 0) is 14.3 Å². The summed E-state index contributed by atoms with van der Waals surface area (Å²) in [7, 11) is 2.79. The minimum absolute atomic E-state index is 0.0726. The molecule has 0 aromatic carbocycles. The van der Waals surface area contributed by atoms with Gasteiger partial charge in [0, 0.05) is 12.5 Å². The molecule has 0 unspecified atom stereocenters. The van der Waals surface area contributed by atoms with Gasteiger partial charge in [-0.2, -0.15) is 0 Å². The number of ether oxygens (including phenoxy) is 2. The Morgan fingerprint density at radius 1 is 1.24 bits per heavy atom. The normalized spacial score (nSPS) is 14.9. The van der Waals surface area contributed by atoms with Crippen molar-refractivity contribution in [2.75, 3.05) is 14.2 Å². The van der Waals surface area contributed by atoms with Crippen LogP contribution in [0.4, 0.5) is 4.79 Å². The van der Waals surface area contributed by atoms with Gasteiger partial charge in [0.25, 0.3) is 0 Å². The average molecular weight is 245 g/mol. The smallest absolute Gasteiger partial charge is 0.407 e. The number of nitrogens with one attached hydrogen (secondary N) is 1.